The summed E-state index contributed by atoms with van der Waals surface area (Å²) in [5.74, 6) is 0.712. The third kappa shape index (κ3) is 6.20. The predicted octanol–water partition coefficient (Wildman–Crippen LogP) is 7.81. The molecule has 220 valence electrons. The van der Waals surface area contributed by atoms with E-state index in [2.05, 4.69) is 59.2 Å². The number of carbonyl (C=O) groups is 2. The molecule has 2 amide bonds. The maximum atomic E-state index is 13.6. The summed E-state index contributed by atoms with van der Waals surface area (Å²) in [5, 5.41) is 6.64. The lowest BCUT2D eigenvalue weighted by Crippen LogP contribution is -2.32. The van der Waals surface area contributed by atoms with Crippen LogP contribution in [0.3, 0.4) is 0 Å². The first-order chi connectivity index (χ1) is 21.6. The van der Waals surface area contributed by atoms with Gasteiger partial charge in [0, 0.05) is 40.5 Å². The van der Waals surface area contributed by atoms with Gasteiger partial charge in [0.1, 0.15) is 11.9 Å². The number of carbonyl (C=O) groups excluding carboxylic acids is 2. The maximum Gasteiger partial charge on any atom is 0.260 e. The van der Waals surface area contributed by atoms with Gasteiger partial charge in [-0.25, -0.2) is 0 Å². The number of benzene rings is 5. The molecule has 5 aromatic rings. The maximum absolute atomic E-state index is 13.6. The summed E-state index contributed by atoms with van der Waals surface area (Å²) in [7, 11) is 0. The molecule has 44 heavy (non-hydrogen) atoms. The Morgan fingerprint density at radius 2 is 1.45 bits per heavy atom. The van der Waals surface area contributed by atoms with Crippen LogP contribution in [0.4, 0.5) is 11.4 Å². The smallest absolute Gasteiger partial charge is 0.260 e. The van der Waals surface area contributed by atoms with Gasteiger partial charge in [0.05, 0.1) is 6.61 Å². The van der Waals surface area contributed by atoms with E-state index in [1.54, 1.807) is 4.90 Å². The second-order valence-corrected chi connectivity index (χ2v) is 10.7. The topological polar surface area (TPSA) is 70.7 Å². The summed E-state index contributed by atoms with van der Waals surface area (Å²) < 4.78 is 5.60. The third-order valence-corrected chi connectivity index (χ3v) is 7.94. The fourth-order valence-corrected chi connectivity index (χ4v) is 5.83. The van der Waals surface area contributed by atoms with Crippen LogP contribution >= 0.6 is 0 Å². The van der Waals surface area contributed by atoms with Crippen LogP contribution in [-0.4, -0.2) is 25.0 Å². The first-order valence-electron chi connectivity index (χ1n) is 15.0. The average molecular weight is 582 g/mol. The van der Waals surface area contributed by atoms with Gasteiger partial charge in [0.25, 0.3) is 11.8 Å². The Kier molecular flexibility index (Phi) is 8.69. The molecule has 1 atom stereocenters. The van der Waals surface area contributed by atoms with Crippen molar-refractivity contribution >= 4 is 23.2 Å². The molecular weight excluding hydrogens is 546 g/mol. The number of hydrogen-bond acceptors (Lipinski definition) is 4. The van der Waals surface area contributed by atoms with E-state index in [1.165, 1.54) is 11.1 Å². The first kappa shape index (κ1) is 28.7. The molecule has 1 unspecified atom stereocenters. The number of fused-ring (bicyclic) bond motifs is 1. The highest BCUT2D eigenvalue weighted by atomic mass is 16.5. The number of rotatable bonds is 11. The summed E-state index contributed by atoms with van der Waals surface area (Å²) in [4.78, 5) is 28.6. The molecule has 0 bridgehead atoms. The van der Waals surface area contributed by atoms with Crippen LogP contribution in [0.25, 0.3) is 0 Å². The molecule has 0 aromatic heterocycles. The summed E-state index contributed by atoms with van der Waals surface area (Å²) in [5.41, 5.74) is 6.04. The lowest BCUT2D eigenvalue weighted by atomic mass is 9.88. The van der Waals surface area contributed by atoms with E-state index in [-0.39, 0.29) is 17.7 Å². The quantitative estimate of drug-likeness (QED) is 0.167. The molecule has 0 radical (unpaired) electrons. The minimum absolute atomic E-state index is 0.0810. The molecule has 0 saturated heterocycles. The van der Waals surface area contributed by atoms with Crippen LogP contribution < -0.4 is 20.3 Å². The van der Waals surface area contributed by atoms with Crippen molar-refractivity contribution < 1.29 is 14.3 Å². The molecule has 0 saturated carbocycles. The minimum Gasteiger partial charge on any atom is -0.494 e. The lowest BCUT2D eigenvalue weighted by molar-refractivity contribution is 0.0951. The zero-order valence-corrected chi connectivity index (χ0v) is 24.6. The number of amides is 2. The number of anilines is 2. The highest BCUT2D eigenvalue weighted by molar-refractivity contribution is 6.11. The van der Waals surface area contributed by atoms with Crippen LogP contribution in [0.5, 0.6) is 5.75 Å². The van der Waals surface area contributed by atoms with E-state index in [0.29, 0.717) is 24.3 Å². The van der Waals surface area contributed by atoms with Crippen molar-refractivity contribution in [2.24, 2.45) is 0 Å². The summed E-state index contributed by atoms with van der Waals surface area (Å²) in [6.45, 7) is 3.04. The van der Waals surface area contributed by atoms with Gasteiger partial charge in [-0.05, 0) is 73.0 Å². The normalized spacial score (nSPS) is 13.9. The Bertz CT molecular complexity index is 1680. The molecule has 0 spiro atoms. The van der Waals surface area contributed by atoms with Crippen LogP contribution in [0.15, 0.2) is 133 Å². The largest absolute Gasteiger partial charge is 0.494 e. The fraction of sp³-hybridized carbons (Fsp3) is 0.158. The molecule has 1 aliphatic heterocycles. The zero-order chi connectivity index (χ0) is 30.3. The van der Waals surface area contributed by atoms with Crippen molar-refractivity contribution in [1.82, 2.24) is 5.32 Å². The van der Waals surface area contributed by atoms with Gasteiger partial charge in [0.2, 0.25) is 0 Å². The van der Waals surface area contributed by atoms with E-state index in [0.717, 1.165) is 29.1 Å². The second kappa shape index (κ2) is 13.3. The SMILES string of the molecule is CCOc1ccc(N2C(=O)c3ccccc3C2Nc2cccc(C(=O)NCCC(c3ccccc3)c3ccccc3)c2)cc1. The molecule has 1 aliphatic rings. The van der Waals surface area contributed by atoms with Crippen LogP contribution in [0.2, 0.25) is 0 Å². The van der Waals surface area contributed by atoms with E-state index in [9.17, 15) is 9.59 Å². The summed E-state index contributed by atoms with van der Waals surface area (Å²) in [6.07, 6.45) is 0.336. The monoisotopic (exact) mass is 581 g/mol. The van der Waals surface area contributed by atoms with Crippen molar-refractivity contribution in [3.63, 3.8) is 0 Å². The van der Waals surface area contributed by atoms with Crippen molar-refractivity contribution in [3.05, 3.63) is 161 Å². The molecular formula is C38H35N3O3. The van der Waals surface area contributed by atoms with Gasteiger partial charge >= 0.3 is 0 Å². The van der Waals surface area contributed by atoms with Gasteiger partial charge in [-0.1, -0.05) is 84.9 Å². The van der Waals surface area contributed by atoms with Gasteiger partial charge < -0.3 is 15.4 Å². The number of nitrogens with zero attached hydrogens (tertiary/aromatic N) is 1. The molecule has 6 heteroatoms. The summed E-state index contributed by atoms with van der Waals surface area (Å²) in [6, 6.07) is 43.4. The van der Waals surface area contributed by atoms with E-state index in [4.69, 9.17) is 4.74 Å². The summed E-state index contributed by atoms with van der Waals surface area (Å²) >= 11 is 0. The highest BCUT2D eigenvalue weighted by Crippen LogP contribution is 2.38. The highest BCUT2D eigenvalue weighted by Gasteiger charge is 2.37. The first-order valence-corrected chi connectivity index (χ1v) is 15.0. The zero-order valence-electron chi connectivity index (χ0n) is 24.6. The van der Waals surface area contributed by atoms with Crippen LogP contribution in [-0.2, 0) is 0 Å². The Morgan fingerprint density at radius 3 is 2.14 bits per heavy atom. The second-order valence-electron chi connectivity index (χ2n) is 10.7. The Balaban J connectivity index is 1.17. The molecule has 0 fully saturated rings. The molecule has 1 heterocycles. The van der Waals surface area contributed by atoms with Gasteiger partial charge in [-0.2, -0.15) is 0 Å². The molecule has 2 N–H and O–H groups in total. The third-order valence-electron chi connectivity index (χ3n) is 7.94. The minimum atomic E-state index is -0.438. The van der Waals surface area contributed by atoms with Crippen molar-refractivity contribution in [2.75, 3.05) is 23.4 Å². The molecule has 6 nitrogen and oxygen atoms in total. The van der Waals surface area contributed by atoms with Crippen molar-refractivity contribution in [3.8, 4) is 5.75 Å². The van der Waals surface area contributed by atoms with Crippen molar-refractivity contribution in [1.29, 1.82) is 0 Å². The Labute approximate surface area is 258 Å². The van der Waals surface area contributed by atoms with E-state index >= 15 is 0 Å². The van der Waals surface area contributed by atoms with Gasteiger partial charge in [0.15, 0.2) is 0 Å². The lowest BCUT2D eigenvalue weighted by Gasteiger charge is -2.27. The predicted molar refractivity (Wildman–Crippen MR) is 175 cm³/mol. The van der Waals surface area contributed by atoms with E-state index in [1.807, 2.05) is 91.9 Å². The standard InChI is InChI=1S/C38H35N3O3/c1-2-44-32-22-20-31(21-23-32)41-36(34-18-9-10-19-35(34)38(41)43)40-30-17-11-16-29(26-30)37(42)39-25-24-33(27-12-5-3-6-13-27)28-14-7-4-8-15-28/h3-23,26,33,36,40H,2,24-25H2,1H3,(H,39,42). The molecule has 5 aromatic carbocycles. The molecule has 6 rings (SSSR count). The van der Waals surface area contributed by atoms with Crippen LogP contribution in [0, 0.1) is 0 Å². The van der Waals surface area contributed by atoms with E-state index < -0.39 is 6.17 Å². The Morgan fingerprint density at radius 1 is 0.795 bits per heavy atom. The van der Waals surface area contributed by atoms with Gasteiger partial charge in [-0.15, -0.1) is 0 Å². The van der Waals surface area contributed by atoms with Crippen LogP contribution in [0.1, 0.15) is 62.8 Å². The molecule has 0 aliphatic carbocycles. The Hall–Kier alpha value is -5.36. The van der Waals surface area contributed by atoms with Crippen molar-refractivity contribution in [2.45, 2.75) is 25.4 Å². The average Bonchev–Trinajstić information content (AvgIpc) is 3.35. The van der Waals surface area contributed by atoms with Gasteiger partial charge in [-0.3, -0.25) is 14.5 Å². The fourth-order valence-electron chi connectivity index (χ4n) is 5.83. The number of nitrogens with one attached hydrogen (secondary N) is 2. The number of ether oxygens (including phenoxy) is 1. The number of hydrogen-bond donors (Lipinski definition) is 2.